The summed E-state index contributed by atoms with van der Waals surface area (Å²) >= 11 is 0. The number of Topliss-reactive ketones (excluding diaryl/α,β-unsaturated/α-hetero) is 2. The molecule has 4 aliphatic rings. The van der Waals surface area contributed by atoms with Gasteiger partial charge in [-0.1, -0.05) is 48.5 Å². The van der Waals surface area contributed by atoms with Crippen LogP contribution < -0.4 is 16.4 Å². The van der Waals surface area contributed by atoms with Crippen molar-refractivity contribution in [2.45, 2.75) is 77.7 Å². The second kappa shape index (κ2) is 18.8. The van der Waals surface area contributed by atoms with Crippen molar-refractivity contribution in [2.75, 3.05) is 26.2 Å². The molecule has 4 aromatic carbocycles. The molecule has 0 unspecified atom stereocenters. The van der Waals surface area contributed by atoms with Crippen LogP contribution >= 0.6 is 0 Å². The number of hydrogen-bond acceptors (Lipinski definition) is 7. The van der Waals surface area contributed by atoms with Crippen LogP contribution in [0, 0.1) is 34.1 Å². The molecule has 58 heavy (non-hydrogen) atoms. The lowest BCUT2D eigenvalue weighted by atomic mass is 9.66. The van der Waals surface area contributed by atoms with Crippen LogP contribution in [0.15, 0.2) is 72.8 Å². The number of halogens is 4. The van der Waals surface area contributed by atoms with Crippen LogP contribution in [0.2, 0.25) is 0 Å². The number of ketones is 2. The number of aliphatic hydroxyl groups is 2. The molecular weight excluding hydrogens is 753 g/mol. The van der Waals surface area contributed by atoms with E-state index in [4.69, 9.17) is 10.8 Å². The predicted molar refractivity (Wildman–Crippen MR) is 211 cm³/mol. The number of benzene rings is 4. The van der Waals surface area contributed by atoms with Crippen molar-refractivity contribution in [2.24, 2.45) is 16.6 Å². The largest absolute Gasteiger partial charge is 0.392 e. The summed E-state index contributed by atoms with van der Waals surface area (Å²) in [6, 6.07) is 18.8. The highest BCUT2D eigenvalue weighted by atomic mass is 19.1. The average Bonchev–Trinajstić information content (AvgIpc) is 3.22. The highest BCUT2D eigenvalue weighted by Gasteiger charge is 2.43. The summed E-state index contributed by atoms with van der Waals surface area (Å²) in [5, 5.41) is 24.1. The number of amides is 2. The summed E-state index contributed by atoms with van der Waals surface area (Å²) < 4.78 is 54.8. The first kappa shape index (κ1) is 42.7. The Morgan fingerprint density at radius 3 is 1.64 bits per heavy atom. The second-order valence-electron chi connectivity index (χ2n) is 15.9. The minimum Gasteiger partial charge on any atom is -0.392 e. The zero-order chi connectivity index (χ0) is 41.5. The molecule has 4 aromatic rings. The minimum absolute atomic E-state index is 0.0505. The summed E-state index contributed by atoms with van der Waals surface area (Å²) in [6.45, 7) is 3.63. The number of urea groups is 1. The van der Waals surface area contributed by atoms with E-state index >= 15 is 0 Å². The van der Waals surface area contributed by atoms with Crippen molar-refractivity contribution in [1.82, 2.24) is 15.5 Å². The fourth-order valence-corrected chi connectivity index (χ4v) is 8.64. The summed E-state index contributed by atoms with van der Waals surface area (Å²) in [5.41, 5.74) is 9.68. The highest BCUT2D eigenvalue weighted by Crippen LogP contribution is 2.45. The monoisotopic (exact) mass is 802 g/mol. The summed E-state index contributed by atoms with van der Waals surface area (Å²) in [7, 11) is 0. The molecule has 0 saturated carbocycles. The molecule has 2 saturated heterocycles. The third-order valence-electron chi connectivity index (χ3n) is 11.9. The number of carbonyl (C=O) groups is 3. The van der Waals surface area contributed by atoms with Gasteiger partial charge in [-0.05, 0) is 108 Å². The molecule has 6 N–H and O–H groups in total. The molecule has 0 aromatic heterocycles. The standard InChI is InChI=1S/C23H24F2N2O3.C14H15F2NO.C8H11NO/c24-17-9-18-19(20(25)10-17)11-23(12-21(18)29)4-6-27(7-5-23)22(30)26-13-15-2-1-3-16(8-15)14-28;15-9-5-10-11(12(16)6-9)7-14(8-13(10)18)1-3-17-4-2-14;9-5-7-2-1-3-8(4-7)6-10/h1-3,8-10,28H,4-7,11-14H2,(H,26,30);5-6,17H,1-4,7-8H2;1-4,10H,5-6,9H2. The summed E-state index contributed by atoms with van der Waals surface area (Å²) in [4.78, 5) is 38.9. The Morgan fingerprint density at radius 1 is 0.672 bits per heavy atom. The lowest BCUT2D eigenvalue weighted by Crippen LogP contribution is -2.49. The predicted octanol–water partition coefficient (Wildman–Crippen LogP) is 6.68. The van der Waals surface area contributed by atoms with E-state index in [1.165, 1.54) is 6.07 Å². The fourth-order valence-electron chi connectivity index (χ4n) is 8.64. The number of hydrogen-bond donors (Lipinski definition) is 5. The summed E-state index contributed by atoms with van der Waals surface area (Å²) in [6.07, 6.45) is 4.59. The molecule has 0 atom stereocenters. The first-order chi connectivity index (χ1) is 27.8. The van der Waals surface area contributed by atoms with Gasteiger partial charge in [-0.25, -0.2) is 22.4 Å². The molecule has 2 aliphatic heterocycles. The Balaban J connectivity index is 0.000000170. The number of nitrogens with one attached hydrogen (secondary N) is 2. The van der Waals surface area contributed by atoms with Crippen molar-refractivity contribution in [3.05, 3.63) is 141 Å². The van der Waals surface area contributed by atoms with E-state index in [0.29, 0.717) is 69.4 Å². The van der Waals surface area contributed by atoms with Crippen LogP contribution in [-0.4, -0.2) is 58.9 Å². The van der Waals surface area contributed by atoms with E-state index in [-0.39, 0.29) is 59.2 Å². The molecule has 2 aliphatic carbocycles. The van der Waals surface area contributed by atoms with Gasteiger partial charge >= 0.3 is 6.03 Å². The van der Waals surface area contributed by atoms with Gasteiger partial charge in [0.05, 0.1) is 13.2 Å². The smallest absolute Gasteiger partial charge is 0.317 e. The number of piperidine rings is 2. The molecule has 2 heterocycles. The van der Waals surface area contributed by atoms with Gasteiger partial charge in [-0.3, -0.25) is 9.59 Å². The maximum atomic E-state index is 14.3. The number of nitrogens with two attached hydrogens (primary N) is 1. The van der Waals surface area contributed by atoms with Crippen LogP contribution in [0.3, 0.4) is 0 Å². The Kier molecular flexibility index (Phi) is 13.8. The first-order valence-electron chi connectivity index (χ1n) is 19.7. The van der Waals surface area contributed by atoms with Gasteiger partial charge in [0.15, 0.2) is 11.6 Å². The number of carbonyl (C=O) groups excluding carboxylic acids is 3. The fraction of sp³-hybridized carbons (Fsp3) is 0.400. The third kappa shape index (κ3) is 10.2. The van der Waals surface area contributed by atoms with E-state index in [1.54, 1.807) is 4.90 Å². The normalized spacial score (nSPS) is 17.7. The SMILES string of the molecule is NCc1cccc(CO)c1.O=C1CC2(CCN(C(=O)NCc3cccc(CO)c3)CC2)Cc2c(F)cc(F)cc21.O=C1CC2(CCNCC2)Cc2c(F)cc(F)cc21. The zero-order valence-electron chi connectivity index (χ0n) is 32.4. The number of fused-ring (bicyclic) bond motifs is 2. The van der Waals surface area contributed by atoms with E-state index in [1.807, 2.05) is 48.5 Å². The van der Waals surface area contributed by atoms with Gasteiger partial charge in [0.1, 0.15) is 23.3 Å². The van der Waals surface area contributed by atoms with Gasteiger partial charge < -0.3 is 31.5 Å². The molecule has 0 bridgehead atoms. The maximum Gasteiger partial charge on any atom is 0.317 e. The highest BCUT2D eigenvalue weighted by molar-refractivity contribution is 5.99. The van der Waals surface area contributed by atoms with Crippen LogP contribution in [0.4, 0.5) is 22.4 Å². The van der Waals surface area contributed by atoms with Crippen LogP contribution in [0.25, 0.3) is 0 Å². The van der Waals surface area contributed by atoms with Gasteiger partial charge in [-0.15, -0.1) is 0 Å². The Morgan fingerprint density at radius 2 is 1.14 bits per heavy atom. The Labute approximate surface area is 335 Å². The van der Waals surface area contributed by atoms with Gasteiger partial charge in [0.25, 0.3) is 0 Å². The van der Waals surface area contributed by atoms with E-state index in [0.717, 1.165) is 66.4 Å². The topological polar surface area (TPSA) is 145 Å². The van der Waals surface area contributed by atoms with E-state index in [9.17, 15) is 37.1 Å². The lowest BCUT2D eigenvalue weighted by Gasteiger charge is -2.44. The third-order valence-corrected chi connectivity index (χ3v) is 11.9. The second-order valence-corrected chi connectivity index (χ2v) is 15.9. The number of nitrogens with zero attached hydrogens (tertiary/aromatic N) is 1. The van der Waals surface area contributed by atoms with Crippen molar-refractivity contribution >= 4 is 17.6 Å². The van der Waals surface area contributed by atoms with Gasteiger partial charge in [-0.2, -0.15) is 0 Å². The Hall–Kier alpha value is -4.95. The average molecular weight is 803 g/mol. The number of rotatable bonds is 5. The molecule has 9 nitrogen and oxygen atoms in total. The Bertz CT molecular complexity index is 2110. The number of aliphatic hydroxyl groups excluding tert-OH is 2. The molecule has 2 amide bonds. The zero-order valence-corrected chi connectivity index (χ0v) is 32.4. The van der Waals surface area contributed by atoms with Crippen molar-refractivity contribution in [3.8, 4) is 0 Å². The lowest BCUT2D eigenvalue weighted by molar-refractivity contribution is 0.0728. The molecule has 2 fully saturated rings. The summed E-state index contributed by atoms with van der Waals surface area (Å²) in [5.74, 6) is -2.97. The van der Waals surface area contributed by atoms with Crippen molar-refractivity contribution in [1.29, 1.82) is 0 Å². The van der Waals surface area contributed by atoms with Gasteiger partial charge in [0, 0.05) is 62.3 Å². The van der Waals surface area contributed by atoms with Crippen molar-refractivity contribution < 1.29 is 42.2 Å². The molecule has 2 spiro atoms. The van der Waals surface area contributed by atoms with Crippen molar-refractivity contribution in [3.63, 3.8) is 0 Å². The molecule has 8 rings (SSSR count). The van der Waals surface area contributed by atoms with Crippen LogP contribution in [-0.2, 0) is 39.1 Å². The molecular formula is C45H50F4N4O5. The van der Waals surface area contributed by atoms with E-state index < -0.39 is 23.3 Å². The van der Waals surface area contributed by atoms with Crippen LogP contribution in [0.1, 0.15) is 92.6 Å². The quantitative estimate of drug-likeness (QED) is 0.142. The van der Waals surface area contributed by atoms with Crippen LogP contribution in [0.5, 0.6) is 0 Å². The molecule has 13 heteroatoms. The van der Waals surface area contributed by atoms with Gasteiger partial charge in [0.2, 0.25) is 0 Å². The first-order valence-corrected chi connectivity index (χ1v) is 19.7. The minimum atomic E-state index is -0.730. The molecule has 308 valence electrons. The van der Waals surface area contributed by atoms with E-state index in [2.05, 4.69) is 10.6 Å². The maximum absolute atomic E-state index is 14.3. The molecule has 0 radical (unpaired) electrons. The number of likely N-dealkylation sites (tertiary alicyclic amines) is 1.